The van der Waals surface area contributed by atoms with Crippen LogP contribution in [0, 0.1) is 0 Å². The van der Waals surface area contributed by atoms with Gasteiger partial charge in [-0.1, -0.05) is 12.1 Å². The molecule has 2 aromatic rings. The van der Waals surface area contributed by atoms with E-state index < -0.39 is 18.0 Å². The highest BCUT2D eigenvalue weighted by molar-refractivity contribution is 5.95. The van der Waals surface area contributed by atoms with Crippen molar-refractivity contribution >= 4 is 17.6 Å². The van der Waals surface area contributed by atoms with E-state index in [0.29, 0.717) is 35.3 Å². The Bertz CT molecular complexity index is 868. The number of para-hydroxylation sites is 2. The van der Waals surface area contributed by atoms with E-state index in [2.05, 4.69) is 5.32 Å². The van der Waals surface area contributed by atoms with Gasteiger partial charge in [0.25, 0.3) is 5.91 Å². The van der Waals surface area contributed by atoms with Crippen LogP contribution in [0.1, 0.15) is 20.3 Å². The molecule has 3 rings (SSSR count). The molecule has 1 amide bonds. The highest BCUT2D eigenvalue weighted by atomic mass is 16.7. The lowest BCUT2D eigenvalue weighted by molar-refractivity contribution is -0.153. The van der Waals surface area contributed by atoms with Crippen molar-refractivity contribution in [2.75, 3.05) is 25.3 Å². The van der Waals surface area contributed by atoms with E-state index in [-0.39, 0.29) is 19.8 Å². The van der Waals surface area contributed by atoms with Crippen LogP contribution in [-0.4, -0.2) is 38.0 Å². The first-order valence-electron chi connectivity index (χ1n) is 9.31. The second-order valence-electron chi connectivity index (χ2n) is 6.17. The summed E-state index contributed by atoms with van der Waals surface area (Å²) in [6, 6.07) is 12.2. The highest BCUT2D eigenvalue weighted by Gasteiger charge is 2.20. The van der Waals surface area contributed by atoms with Crippen molar-refractivity contribution in [2.24, 2.45) is 0 Å². The number of fused-ring (bicyclic) bond motifs is 1. The number of amides is 1. The first kappa shape index (κ1) is 20.3. The van der Waals surface area contributed by atoms with Crippen LogP contribution in [0.5, 0.6) is 23.0 Å². The molecule has 1 N–H and O–H groups in total. The largest absolute Gasteiger partial charge is 0.490 e. The lowest BCUT2D eigenvalue weighted by atomic mass is 10.2. The molecule has 0 radical (unpaired) electrons. The molecule has 8 heteroatoms. The van der Waals surface area contributed by atoms with E-state index in [1.807, 2.05) is 19.1 Å². The van der Waals surface area contributed by atoms with Crippen LogP contribution < -0.4 is 24.3 Å². The number of carbonyl (C=O) groups excluding carboxylic acids is 2. The highest BCUT2D eigenvalue weighted by Crippen LogP contribution is 2.34. The summed E-state index contributed by atoms with van der Waals surface area (Å²) in [5.74, 6) is 1.35. The predicted molar refractivity (Wildman–Crippen MR) is 104 cm³/mol. The maximum absolute atomic E-state index is 12.3. The molecule has 0 aromatic heterocycles. The third-order valence-corrected chi connectivity index (χ3v) is 4.03. The molecule has 29 heavy (non-hydrogen) atoms. The van der Waals surface area contributed by atoms with Crippen molar-refractivity contribution in [1.29, 1.82) is 0 Å². The monoisotopic (exact) mass is 401 g/mol. The second-order valence-corrected chi connectivity index (χ2v) is 6.17. The van der Waals surface area contributed by atoms with Gasteiger partial charge >= 0.3 is 5.97 Å². The summed E-state index contributed by atoms with van der Waals surface area (Å²) in [6.07, 6.45) is -0.953. The molecule has 8 nitrogen and oxygen atoms in total. The number of ether oxygens (including phenoxy) is 5. The van der Waals surface area contributed by atoms with Gasteiger partial charge in [0, 0.05) is 11.8 Å². The average Bonchev–Trinajstić information content (AvgIpc) is 3.17. The van der Waals surface area contributed by atoms with E-state index in [1.165, 1.54) is 6.92 Å². The van der Waals surface area contributed by atoms with Crippen LogP contribution in [0.3, 0.4) is 0 Å². The van der Waals surface area contributed by atoms with Crippen LogP contribution >= 0.6 is 0 Å². The summed E-state index contributed by atoms with van der Waals surface area (Å²) in [6.45, 7) is 4.16. The normalized spacial score (nSPS) is 12.8. The summed E-state index contributed by atoms with van der Waals surface area (Å²) < 4.78 is 26.7. The fourth-order valence-corrected chi connectivity index (χ4v) is 2.62. The van der Waals surface area contributed by atoms with Gasteiger partial charge in [-0.25, -0.2) is 0 Å². The van der Waals surface area contributed by atoms with E-state index >= 15 is 0 Å². The number of carbonyl (C=O) groups is 2. The minimum Gasteiger partial charge on any atom is -0.490 e. The van der Waals surface area contributed by atoms with Gasteiger partial charge < -0.3 is 29.0 Å². The fourth-order valence-electron chi connectivity index (χ4n) is 2.62. The zero-order chi connectivity index (χ0) is 20.6. The third kappa shape index (κ3) is 5.54. The van der Waals surface area contributed by atoms with Crippen LogP contribution in [0.15, 0.2) is 42.5 Å². The topological polar surface area (TPSA) is 92.3 Å². The fraction of sp³-hybridized carbons (Fsp3) is 0.333. The number of hydrogen-bond acceptors (Lipinski definition) is 7. The van der Waals surface area contributed by atoms with Gasteiger partial charge in [0.05, 0.1) is 19.6 Å². The van der Waals surface area contributed by atoms with E-state index in [1.54, 1.807) is 30.3 Å². The molecule has 2 aromatic carbocycles. The van der Waals surface area contributed by atoms with Gasteiger partial charge in [-0.2, -0.15) is 0 Å². The first-order chi connectivity index (χ1) is 14.1. The summed E-state index contributed by atoms with van der Waals surface area (Å²) in [4.78, 5) is 24.3. The smallest absolute Gasteiger partial charge is 0.310 e. The summed E-state index contributed by atoms with van der Waals surface area (Å²) >= 11 is 0. The van der Waals surface area contributed by atoms with Crippen LogP contribution in [-0.2, 0) is 14.3 Å². The van der Waals surface area contributed by atoms with Gasteiger partial charge in [-0.3, -0.25) is 9.59 Å². The van der Waals surface area contributed by atoms with Crippen LogP contribution in [0.4, 0.5) is 5.69 Å². The Morgan fingerprint density at radius 1 is 1.07 bits per heavy atom. The first-order valence-corrected chi connectivity index (χ1v) is 9.31. The molecule has 1 heterocycles. The van der Waals surface area contributed by atoms with E-state index in [4.69, 9.17) is 23.7 Å². The van der Waals surface area contributed by atoms with Crippen molar-refractivity contribution in [1.82, 2.24) is 0 Å². The number of rotatable bonds is 9. The Morgan fingerprint density at radius 3 is 2.55 bits per heavy atom. The molecule has 0 saturated heterocycles. The summed E-state index contributed by atoms with van der Waals surface area (Å²) in [5, 5.41) is 2.68. The Hall–Kier alpha value is -3.42. The Balaban J connectivity index is 1.43. The van der Waals surface area contributed by atoms with E-state index in [0.717, 1.165) is 0 Å². The van der Waals surface area contributed by atoms with Crippen molar-refractivity contribution in [2.45, 2.75) is 26.4 Å². The molecule has 1 aliphatic rings. The average molecular weight is 401 g/mol. The minimum atomic E-state index is -0.955. The number of nitrogens with one attached hydrogen (secondary N) is 1. The Morgan fingerprint density at radius 2 is 1.79 bits per heavy atom. The van der Waals surface area contributed by atoms with Crippen LogP contribution in [0.25, 0.3) is 0 Å². The van der Waals surface area contributed by atoms with Crippen LogP contribution in [0.2, 0.25) is 0 Å². The van der Waals surface area contributed by atoms with Gasteiger partial charge in [0.1, 0.15) is 0 Å². The molecule has 154 valence electrons. The Kier molecular flexibility index (Phi) is 6.78. The second kappa shape index (κ2) is 9.68. The van der Waals surface area contributed by atoms with Crippen molar-refractivity contribution < 1.29 is 33.3 Å². The maximum Gasteiger partial charge on any atom is 0.310 e. The van der Waals surface area contributed by atoms with Crippen molar-refractivity contribution in [3.63, 3.8) is 0 Å². The van der Waals surface area contributed by atoms with Gasteiger partial charge in [-0.15, -0.1) is 0 Å². The number of esters is 1. The van der Waals surface area contributed by atoms with Crippen molar-refractivity contribution in [3.8, 4) is 23.0 Å². The molecule has 0 bridgehead atoms. The number of hydrogen-bond donors (Lipinski definition) is 1. The molecular formula is C21H23NO7. The number of benzene rings is 2. The molecule has 0 fully saturated rings. The summed E-state index contributed by atoms with van der Waals surface area (Å²) in [7, 11) is 0. The van der Waals surface area contributed by atoms with Crippen molar-refractivity contribution in [3.05, 3.63) is 42.5 Å². The molecule has 1 aliphatic heterocycles. The molecule has 0 spiro atoms. The predicted octanol–water partition coefficient (Wildman–Crippen LogP) is 3.15. The zero-order valence-corrected chi connectivity index (χ0v) is 16.3. The van der Waals surface area contributed by atoms with Gasteiger partial charge in [0.15, 0.2) is 29.1 Å². The SMILES string of the molecule is CCOc1ccccc1OCCC(=O)O[C@@H](C)C(=O)Nc1ccc2c(c1)OCO2. The lowest BCUT2D eigenvalue weighted by Gasteiger charge is -2.14. The quantitative estimate of drug-likeness (QED) is 0.645. The van der Waals surface area contributed by atoms with E-state index in [9.17, 15) is 9.59 Å². The minimum absolute atomic E-state index is 0.00209. The molecule has 0 unspecified atom stereocenters. The number of anilines is 1. The standard InChI is InChI=1S/C21H23NO7/c1-3-25-16-6-4-5-7-17(16)26-11-10-20(23)29-14(2)21(24)22-15-8-9-18-19(12-15)28-13-27-18/h4-9,12,14H,3,10-11,13H2,1-2H3,(H,22,24)/t14-/m0/s1. The third-order valence-electron chi connectivity index (χ3n) is 4.03. The molecule has 0 saturated carbocycles. The maximum atomic E-state index is 12.3. The van der Waals surface area contributed by atoms with Gasteiger partial charge in [-0.05, 0) is 38.1 Å². The zero-order valence-electron chi connectivity index (χ0n) is 16.3. The Labute approximate surface area is 168 Å². The van der Waals surface area contributed by atoms with Gasteiger partial charge in [0.2, 0.25) is 6.79 Å². The lowest BCUT2D eigenvalue weighted by Crippen LogP contribution is -2.30. The molecular weight excluding hydrogens is 378 g/mol. The molecule has 0 aliphatic carbocycles. The molecule has 1 atom stereocenters. The summed E-state index contributed by atoms with van der Waals surface area (Å²) in [5.41, 5.74) is 0.526.